The molecule has 1 aromatic carbocycles. The fraction of sp³-hybridized carbons (Fsp3) is 0.500. The second-order valence-electron chi connectivity index (χ2n) is 3.83. The first-order chi connectivity index (χ1) is 7.67. The molecule has 0 fully saturated rings. The molecule has 0 spiro atoms. The number of hydrazine groups is 1. The summed E-state index contributed by atoms with van der Waals surface area (Å²) < 4.78 is 13.1. The Balaban J connectivity index is 2.60. The Morgan fingerprint density at radius 3 is 2.81 bits per heavy atom. The molecule has 0 aromatic heterocycles. The second kappa shape index (κ2) is 6.89. The summed E-state index contributed by atoms with van der Waals surface area (Å²) in [5, 5.41) is 0.601. The van der Waals surface area contributed by atoms with Gasteiger partial charge in [0.05, 0.1) is 6.04 Å². The van der Waals surface area contributed by atoms with Gasteiger partial charge in [-0.25, -0.2) is 4.39 Å². The lowest BCUT2D eigenvalue weighted by Gasteiger charge is -2.18. The van der Waals surface area contributed by atoms with Crippen LogP contribution in [0.5, 0.6) is 0 Å². The molecule has 0 aliphatic rings. The summed E-state index contributed by atoms with van der Waals surface area (Å²) in [6, 6.07) is 6.59. The van der Waals surface area contributed by atoms with Gasteiger partial charge in [-0.05, 0) is 24.1 Å². The summed E-state index contributed by atoms with van der Waals surface area (Å²) in [4.78, 5) is 0. The third-order valence-corrected chi connectivity index (χ3v) is 4.00. The zero-order valence-electron chi connectivity index (χ0n) is 9.74. The van der Waals surface area contributed by atoms with Crippen molar-refractivity contribution in [2.75, 3.05) is 5.75 Å². The van der Waals surface area contributed by atoms with Gasteiger partial charge in [-0.15, -0.1) is 0 Å². The Morgan fingerprint density at radius 2 is 2.25 bits per heavy atom. The molecule has 16 heavy (non-hydrogen) atoms. The number of benzene rings is 1. The fourth-order valence-electron chi connectivity index (χ4n) is 1.34. The van der Waals surface area contributed by atoms with Crippen molar-refractivity contribution in [2.45, 2.75) is 31.6 Å². The van der Waals surface area contributed by atoms with Crippen LogP contribution < -0.4 is 11.3 Å². The lowest BCUT2D eigenvalue weighted by molar-refractivity contribution is 0.590. The smallest absolute Gasteiger partial charge is 0.123 e. The Hall–Kier alpha value is -0.580. The average molecular weight is 242 g/mol. The lowest BCUT2D eigenvalue weighted by atomic mass is 10.1. The molecule has 0 saturated heterocycles. The average Bonchev–Trinajstić information content (AvgIpc) is 2.29. The monoisotopic (exact) mass is 242 g/mol. The van der Waals surface area contributed by atoms with Crippen LogP contribution in [0, 0.1) is 5.82 Å². The normalized spacial score (nSPS) is 14.8. The summed E-state index contributed by atoms with van der Waals surface area (Å²) in [6.45, 7) is 4.34. The molecule has 0 bridgehead atoms. The van der Waals surface area contributed by atoms with Crippen LogP contribution in [0.1, 0.15) is 31.9 Å². The fourth-order valence-corrected chi connectivity index (χ4v) is 2.39. The molecule has 1 aromatic rings. The molecule has 2 nitrogen and oxygen atoms in total. The van der Waals surface area contributed by atoms with Gasteiger partial charge in [0.25, 0.3) is 0 Å². The van der Waals surface area contributed by atoms with Gasteiger partial charge < -0.3 is 0 Å². The summed E-state index contributed by atoms with van der Waals surface area (Å²) in [6.07, 6.45) is 1.13. The van der Waals surface area contributed by atoms with Crippen molar-refractivity contribution in [1.82, 2.24) is 5.43 Å². The van der Waals surface area contributed by atoms with Crippen molar-refractivity contribution >= 4 is 11.8 Å². The molecule has 4 heteroatoms. The van der Waals surface area contributed by atoms with Crippen molar-refractivity contribution in [1.29, 1.82) is 0 Å². The lowest BCUT2D eigenvalue weighted by Crippen LogP contribution is -2.30. The van der Waals surface area contributed by atoms with Crippen LogP contribution in [-0.4, -0.2) is 11.0 Å². The quantitative estimate of drug-likeness (QED) is 0.595. The Bertz CT molecular complexity index is 320. The molecule has 0 saturated carbocycles. The summed E-state index contributed by atoms with van der Waals surface area (Å²) >= 11 is 1.84. The first kappa shape index (κ1) is 13.5. The predicted octanol–water partition coefficient (Wildman–Crippen LogP) is 2.86. The largest absolute Gasteiger partial charge is 0.271 e. The minimum absolute atomic E-state index is 0.00898. The molecule has 0 radical (unpaired) electrons. The number of rotatable bonds is 6. The summed E-state index contributed by atoms with van der Waals surface area (Å²) in [5.74, 6) is 6.14. The zero-order chi connectivity index (χ0) is 12.0. The number of thioether (sulfide) groups is 1. The molecule has 2 unspecified atom stereocenters. The molecule has 0 heterocycles. The number of nitrogens with two attached hydrogens (primary N) is 1. The number of hydrogen-bond donors (Lipinski definition) is 2. The molecule has 0 aliphatic heterocycles. The van der Waals surface area contributed by atoms with Crippen molar-refractivity contribution in [3.05, 3.63) is 35.6 Å². The van der Waals surface area contributed by atoms with Gasteiger partial charge in [-0.1, -0.05) is 26.0 Å². The van der Waals surface area contributed by atoms with Gasteiger partial charge in [0, 0.05) is 11.0 Å². The van der Waals surface area contributed by atoms with E-state index < -0.39 is 0 Å². The summed E-state index contributed by atoms with van der Waals surface area (Å²) in [7, 11) is 0. The second-order valence-corrected chi connectivity index (χ2v) is 5.30. The van der Waals surface area contributed by atoms with E-state index in [-0.39, 0.29) is 11.9 Å². The standard InChI is InChI=1S/C12H19FN2S/c1-3-9(2)16-8-12(15-14)10-5-4-6-11(13)7-10/h4-7,9,12,15H,3,8,14H2,1-2H3. The summed E-state index contributed by atoms with van der Waals surface area (Å²) in [5.41, 5.74) is 3.64. The molecule has 1 rings (SSSR count). The van der Waals surface area contributed by atoms with Crippen LogP contribution in [0.2, 0.25) is 0 Å². The van der Waals surface area contributed by atoms with Crippen LogP contribution in [0.15, 0.2) is 24.3 Å². The van der Waals surface area contributed by atoms with Gasteiger partial charge in [-0.3, -0.25) is 11.3 Å². The molecule has 0 aliphatic carbocycles. The Labute approximate surface area is 101 Å². The van der Waals surface area contributed by atoms with E-state index in [1.54, 1.807) is 6.07 Å². The van der Waals surface area contributed by atoms with Crippen LogP contribution in [-0.2, 0) is 0 Å². The third-order valence-electron chi connectivity index (χ3n) is 2.57. The highest BCUT2D eigenvalue weighted by molar-refractivity contribution is 7.99. The highest BCUT2D eigenvalue weighted by atomic mass is 32.2. The van der Waals surface area contributed by atoms with Crippen molar-refractivity contribution in [2.24, 2.45) is 5.84 Å². The van der Waals surface area contributed by atoms with E-state index in [0.29, 0.717) is 5.25 Å². The van der Waals surface area contributed by atoms with E-state index in [9.17, 15) is 4.39 Å². The Kier molecular flexibility index (Phi) is 5.80. The van der Waals surface area contributed by atoms with E-state index in [1.807, 2.05) is 17.8 Å². The highest BCUT2D eigenvalue weighted by Gasteiger charge is 2.11. The first-order valence-corrected chi connectivity index (χ1v) is 6.55. The van der Waals surface area contributed by atoms with Crippen LogP contribution in [0.3, 0.4) is 0 Å². The van der Waals surface area contributed by atoms with Gasteiger partial charge in [0.2, 0.25) is 0 Å². The maximum atomic E-state index is 13.1. The molecule has 0 amide bonds. The van der Waals surface area contributed by atoms with Gasteiger partial charge in [-0.2, -0.15) is 11.8 Å². The molecule has 90 valence electrons. The van der Waals surface area contributed by atoms with Gasteiger partial charge >= 0.3 is 0 Å². The van der Waals surface area contributed by atoms with Crippen LogP contribution in [0.25, 0.3) is 0 Å². The van der Waals surface area contributed by atoms with Crippen molar-refractivity contribution in [3.63, 3.8) is 0 Å². The number of hydrogen-bond acceptors (Lipinski definition) is 3. The van der Waals surface area contributed by atoms with Crippen molar-refractivity contribution in [3.8, 4) is 0 Å². The van der Waals surface area contributed by atoms with E-state index >= 15 is 0 Å². The van der Waals surface area contributed by atoms with E-state index in [4.69, 9.17) is 5.84 Å². The van der Waals surface area contributed by atoms with E-state index in [2.05, 4.69) is 19.3 Å². The van der Waals surface area contributed by atoms with E-state index in [0.717, 1.165) is 17.7 Å². The highest BCUT2D eigenvalue weighted by Crippen LogP contribution is 2.22. The molecule has 2 atom stereocenters. The Morgan fingerprint density at radius 1 is 1.50 bits per heavy atom. The van der Waals surface area contributed by atoms with Gasteiger partial charge in [0.1, 0.15) is 5.82 Å². The topological polar surface area (TPSA) is 38.0 Å². The van der Waals surface area contributed by atoms with Crippen LogP contribution >= 0.6 is 11.8 Å². The SMILES string of the molecule is CCC(C)SCC(NN)c1cccc(F)c1. The minimum atomic E-state index is -0.216. The zero-order valence-corrected chi connectivity index (χ0v) is 10.6. The number of halogens is 1. The minimum Gasteiger partial charge on any atom is -0.271 e. The van der Waals surface area contributed by atoms with Crippen molar-refractivity contribution < 1.29 is 4.39 Å². The maximum Gasteiger partial charge on any atom is 0.123 e. The van der Waals surface area contributed by atoms with Crippen LogP contribution in [0.4, 0.5) is 4.39 Å². The van der Waals surface area contributed by atoms with E-state index in [1.165, 1.54) is 12.1 Å². The molecule has 3 N–H and O–H groups in total. The van der Waals surface area contributed by atoms with Gasteiger partial charge in [0.15, 0.2) is 0 Å². The maximum absolute atomic E-state index is 13.1. The first-order valence-electron chi connectivity index (χ1n) is 5.50. The predicted molar refractivity (Wildman–Crippen MR) is 68.7 cm³/mol. The molecular formula is C12H19FN2S. The molecular weight excluding hydrogens is 223 g/mol. The third kappa shape index (κ3) is 4.12. The number of nitrogens with one attached hydrogen (secondary N) is 1.